The molecule has 1 fully saturated rings. The first-order chi connectivity index (χ1) is 17.9. The van der Waals surface area contributed by atoms with Gasteiger partial charge in [0.2, 0.25) is 0 Å². The molecule has 7 heteroatoms. The van der Waals surface area contributed by atoms with E-state index in [0.29, 0.717) is 29.0 Å². The van der Waals surface area contributed by atoms with Crippen molar-refractivity contribution in [2.45, 2.75) is 19.4 Å². The third-order valence-electron chi connectivity index (χ3n) is 6.90. The second kappa shape index (κ2) is 9.85. The first kappa shape index (κ1) is 24.2. The van der Waals surface area contributed by atoms with E-state index in [2.05, 4.69) is 4.98 Å². The van der Waals surface area contributed by atoms with Crippen LogP contribution < -0.4 is 9.47 Å². The van der Waals surface area contributed by atoms with Crippen molar-refractivity contribution in [1.29, 1.82) is 0 Å². The number of Topliss-reactive ketones (excluding diaryl/α,β-unsaturated/α-hetero) is 1. The zero-order chi connectivity index (χ0) is 26.1. The van der Waals surface area contributed by atoms with E-state index in [1.54, 1.807) is 37.4 Å². The van der Waals surface area contributed by atoms with Crippen LogP contribution in [0.5, 0.6) is 11.5 Å². The predicted molar refractivity (Wildman–Crippen MR) is 142 cm³/mol. The minimum Gasteiger partial charge on any atom is -0.507 e. The SMILES string of the molecule is COc1ccc(C2/C(=C(\O)c3ccc(C)cc3)C(=O)C(=O)N2CCc2c[nH]c3ccccc23)c(OC)c1. The van der Waals surface area contributed by atoms with Gasteiger partial charge in [-0.1, -0.05) is 48.0 Å². The third-order valence-corrected chi connectivity index (χ3v) is 6.90. The Morgan fingerprint density at radius 1 is 1.00 bits per heavy atom. The molecule has 1 aromatic heterocycles. The number of aromatic amines is 1. The molecule has 0 spiro atoms. The Morgan fingerprint density at radius 2 is 1.76 bits per heavy atom. The second-order valence-corrected chi connectivity index (χ2v) is 9.08. The highest BCUT2D eigenvalue weighted by atomic mass is 16.5. The van der Waals surface area contributed by atoms with Crippen LogP contribution in [0.1, 0.15) is 28.3 Å². The van der Waals surface area contributed by atoms with Crippen molar-refractivity contribution >= 4 is 28.4 Å². The van der Waals surface area contributed by atoms with Gasteiger partial charge in [-0.05, 0) is 37.1 Å². The smallest absolute Gasteiger partial charge is 0.295 e. The van der Waals surface area contributed by atoms with Crippen LogP contribution in [-0.2, 0) is 16.0 Å². The molecule has 1 aliphatic heterocycles. The number of aliphatic hydroxyl groups excluding tert-OH is 1. The quantitative estimate of drug-likeness (QED) is 0.210. The zero-order valence-corrected chi connectivity index (χ0v) is 20.9. The van der Waals surface area contributed by atoms with E-state index in [1.807, 2.05) is 49.5 Å². The summed E-state index contributed by atoms with van der Waals surface area (Å²) in [6.07, 6.45) is 2.45. The predicted octanol–water partition coefficient (Wildman–Crippen LogP) is 5.16. The number of methoxy groups -OCH3 is 2. The molecule has 0 radical (unpaired) electrons. The molecule has 188 valence electrons. The number of hydrogen-bond donors (Lipinski definition) is 2. The number of ether oxygens (including phenoxy) is 2. The summed E-state index contributed by atoms with van der Waals surface area (Å²) in [4.78, 5) is 31.6. The molecule has 1 atom stereocenters. The van der Waals surface area contributed by atoms with Crippen LogP contribution in [0.4, 0.5) is 0 Å². The Balaban J connectivity index is 1.61. The number of nitrogens with zero attached hydrogens (tertiary/aromatic N) is 1. The van der Waals surface area contributed by atoms with Gasteiger partial charge in [-0.3, -0.25) is 9.59 Å². The number of aromatic nitrogens is 1. The summed E-state index contributed by atoms with van der Waals surface area (Å²) in [5.41, 5.74) is 4.16. The van der Waals surface area contributed by atoms with Crippen LogP contribution in [-0.4, -0.2) is 47.4 Å². The van der Waals surface area contributed by atoms with E-state index in [1.165, 1.54) is 12.0 Å². The van der Waals surface area contributed by atoms with Crippen molar-refractivity contribution in [1.82, 2.24) is 9.88 Å². The highest BCUT2D eigenvalue weighted by molar-refractivity contribution is 6.46. The topological polar surface area (TPSA) is 91.9 Å². The largest absolute Gasteiger partial charge is 0.507 e. The number of fused-ring (bicyclic) bond motifs is 1. The molecule has 3 aromatic carbocycles. The van der Waals surface area contributed by atoms with Crippen molar-refractivity contribution < 1.29 is 24.2 Å². The van der Waals surface area contributed by atoms with Crippen molar-refractivity contribution in [2.24, 2.45) is 0 Å². The van der Waals surface area contributed by atoms with Crippen molar-refractivity contribution in [3.8, 4) is 11.5 Å². The lowest BCUT2D eigenvalue weighted by Crippen LogP contribution is -2.31. The third kappa shape index (κ3) is 4.33. The Labute approximate surface area is 214 Å². The number of likely N-dealkylation sites (tertiary alicyclic amines) is 1. The van der Waals surface area contributed by atoms with Gasteiger partial charge in [0.1, 0.15) is 17.3 Å². The van der Waals surface area contributed by atoms with Gasteiger partial charge in [0.25, 0.3) is 11.7 Å². The normalized spacial score (nSPS) is 16.9. The number of benzene rings is 3. The number of rotatable bonds is 7. The van der Waals surface area contributed by atoms with Gasteiger partial charge in [0.05, 0.1) is 25.8 Å². The summed E-state index contributed by atoms with van der Waals surface area (Å²) in [7, 11) is 3.08. The van der Waals surface area contributed by atoms with E-state index >= 15 is 0 Å². The maximum absolute atomic E-state index is 13.4. The Hall–Kier alpha value is -4.52. The number of aryl methyl sites for hydroxylation is 1. The second-order valence-electron chi connectivity index (χ2n) is 9.08. The Kier molecular flexibility index (Phi) is 6.44. The minimum atomic E-state index is -0.827. The fourth-order valence-electron chi connectivity index (χ4n) is 4.92. The molecule has 1 aliphatic rings. The number of hydrogen-bond acceptors (Lipinski definition) is 5. The lowest BCUT2D eigenvalue weighted by atomic mass is 9.94. The van der Waals surface area contributed by atoms with Crippen molar-refractivity contribution in [3.05, 3.63) is 101 Å². The van der Waals surface area contributed by atoms with E-state index < -0.39 is 17.7 Å². The molecule has 5 rings (SSSR count). The molecule has 37 heavy (non-hydrogen) atoms. The van der Waals surface area contributed by atoms with Gasteiger partial charge < -0.3 is 24.5 Å². The highest BCUT2D eigenvalue weighted by Gasteiger charge is 2.47. The lowest BCUT2D eigenvalue weighted by molar-refractivity contribution is -0.139. The summed E-state index contributed by atoms with van der Waals surface area (Å²) in [6.45, 7) is 2.21. The number of ketones is 1. The molecule has 2 heterocycles. The van der Waals surface area contributed by atoms with E-state index in [9.17, 15) is 14.7 Å². The Morgan fingerprint density at radius 3 is 2.49 bits per heavy atom. The molecule has 0 saturated carbocycles. The molecule has 1 amide bonds. The fourth-order valence-corrected chi connectivity index (χ4v) is 4.92. The maximum atomic E-state index is 13.4. The maximum Gasteiger partial charge on any atom is 0.295 e. The van der Waals surface area contributed by atoms with E-state index in [0.717, 1.165) is 22.0 Å². The molecule has 0 aliphatic carbocycles. The summed E-state index contributed by atoms with van der Waals surface area (Å²) >= 11 is 0. The first-order valence-electron chi connectivity index (χ1n) is 12.0. The Bertz CT molecular complexity index is 1520. The molecular formula is C30H28N2O5. The van der Waals surface area contributed by atoms with Crippen molar-refractivity contribution in [2.75, 3.05) is 20.8 Å². The standard InChI is InChI=1S/C30H28N2O5/c1-18-8-10-19(11-9-18)28(33)26-27(23-13-12-21(36-2)16-25(23)37-3)32(30(35)29(26)34)15-14-20-17-31-24-7-5-4-6-22(20)24/h4-13,16-17,27,31,33H,14-15H2,1-3H3/b28-26+. The van der Waals surface area contributed by atoms with Gasteiger partial charge >= 0.3 is 0 Å². The highest BCUT2D eigenvalue weighted by Crippen LogP contribution is 2.43. The van der Waals surface area contributed by atoms with Crippen LogP contribution in [0.25, 0.3) is 16.7 Å². The molecular weight excluding hydrogens is 468 g/mol. The van der Waals surface area contributed by atoms with Crippen LogP contribution in [0.15, 0.2) is 78.5 Å². The van der Waals surface area contributed by atoms with Gasteiger partial charge in [0.15, 0.2) is 0 Å². The summed E-state index contributed by atoms with van der Waals surface area (Å²) in [5, 5.41) is 12.4. The molecule has 7 nitrogen and oxygen atoms in total. The first-order valence-corrected chi connectivity index (χ1v) is 12.0. The van der Waals surface area contributed by atoms with Gasteiger partial charge in [-0.2, -0.15) is 0 Å². The molecule has 2 N–H and O–H groups in total. The monoisotopic (exact) mass is 496 g/mol. The van der Waals surface area contributed by atoms with Crippen LogP contribution in [0.3, 0.4) is 0 Å². The molecule has 1 saturated heterocycles. The molecule has 0 bridgehead atoms. The fraction of sp³-hybridized carbons (Fsp3) is 0.200. The van der Waals surface area contributed by atoms with E-state index in [-0.39, 0.29) is 17.9 Å². The van der Waals surface area contributed by atoms with Crippen molar-refractivity contribution in [3.63, 3.8) is 0 Å². The van der Waals surface area contributed by atoms with Crippen LogP contribution in [0, 0.1) is 6.92 Å². The average molecular weight is 497 g/mol. The average Bonchev–Trinajstić information content (AvgIpc) is 3.45. The minimum absolute atomic E-state index is 0.0382. The number of para-hydroxylation sites is 1. The van der Waals surface area contributed by atoms with Gasteiger partial charge in [-0.25, -0.2) is 0 Å². The number of H-pyrrole nitrogens is 1. The number of aliphatic hydroxyl groups is 1. The number of nitrogens with one attached hydrogen (secondary N) is 1. The van der Waals surface area contributed by atoms with Gasteiger partial charge in [-0.15, -0.1) is 0 Å². The van der Waals surface area contributed by atoms with Crippen LogP contribution >= 0.6 is 0 Å². The summed E-state index contributed by atoms with van der Waals surface area (Å²) in [6, 6.07) is 19.5. The number of carbonyl (C=O) groups is 2. The summed E-state index contributed by atoms with van der Waals surface area (Å²) in [5.74, 6) is -0.555. The molecule has 1 unspecified atom stereocenters. The number of amides is 1. The molecule has 4 aromatic rings. The van der Waals surface area contributed by atoms with Crippen LogP contribution in [0.2, 0.25) is 0 Å². The van der Waals surface area contributed by atoms with E-state index in [4.69, 9.17) is 9.47 Å². The number of carbonyl (C=O) groups excluding carboxylic acids is 2. The lowest BCUT2D eigenvalue weighted by Gasteiger charge is -2.27. The summed E-state index contributed by atoms with van der Waals surface area (Å²) < 4.78 is 11.0. The zero-order valence-electron chi connectivity index (χ0n) is 20.9. The van der Waals surface area contributed by atoms with Gasteiger partial charge in [0, 0.05) is 40.8 Å².